The molecule has 0 radical (unpaired) electrons. The van der Waals surface area contributed by atoms with Gasteiger partial charge in [-0.2, -0.15) is 0 Å². The van der Waals surface area contributed by atoms with Gasteiger partial charge in [-0.25, -0.2) is 0 Å². The summed E-state index contributed by atoms with van der Waals surface area (Å²) in [5.74, 6) is 0. The molecular weight excluding hydrogens is 244 g/mol. The highest BCUT2D eigenvalue weighted by Crippen LogP contribution is 2.30. The summed E-state index contributed by atoms with van der Waals surface area (Å²) in [5, 5.41) is 10.5. The lowest BCUT2D eigenvalue weighted by atomic mass is 9.90. The maximum atomic E-state index is 10.5. The highest BCUT2D eigenvalue weighted by molar-refractivity contribution is 5.91. The zero-order chi connectivity index (χ0) is 14.4. The Hall–Kier alpha value is -1.86. The van der Waals surface area contributed by atoms with Gasteiger partial charge in [0.1, 0.15) is 0 Å². The van der Waals surface area contributed by atoms with Crippen molar-refractivity contribution in [3.05, 3.63) is 71.8 Å². The molecule has 1 N–H and O–H groups in total. The molecule has 2 aromatic carbocycles. The average molecular weight is 266 g/mol. The molecule has 0 saturated carbocycles. The fourth-order valence-electron chi connectivity index (χ4n) is 2.54. The fraction of sp³-hybridized carbons (Fsp3) is 0.263. The third kappa shape index (κ3) is 3.37. The molecular formula is C19H22O. The van der Waals surface area contributed by atoms with E-state index in [4.69, 9.17) is 0 Å². The van der Waals surface area contributed by atoms with Crippen molar-refractivity contribution < 1.29 is 5.11 Å². The van der Waals surface area contributed by atoms with Gasteiger partial charge in [0.15, 0.2) is 0 Å². The molecule has 0 heterocycles. The second-order valence-corrected chi connectivity index (χ2v) is 5.08. The fourth-order valence-corrected chi connectivity index (χ4v) is 2.54. The topological polar surface area (TPSA) is 20.2 Å². The molecule has 2 aromatic rings. The second kappa shape index (κ2) is 7.06. The molecule has 1 nitrogen and oxygen atoms in total. The molecule has 0 spiro atoms. The van der Waals surface area contributed by atoms with Crippen LogP contribution in [0.2, 0.25) is 0 Å². The number of rotatable bonds is 5. The largest absolute Gasteiger partial charge is 0.388 e. The van der Waals surface area contributed by atoms with Crippen LogP contribution in [0.15, 0.2) is 60.7 Å². The number of hydrogen-bond acceptors (Lipinski definition) is 1. The van der Waals surface area contributed by atoms with Crippen LogP contribution in [0.3, 0.4) is 0 Å². The van der Waals surface area contributed by atoms with Crippen LogP contribution in [0.25, 0.3) is 11.1 Å². The monoisotopic (exact) mass is 266 g/mol. The Morgan fingerprint density at radius 1 is 0.900 bits per heavy atom. The zero-order valence-electron chi connectivity index (χ0n) is 12.2. The lowest BCUT2D eigenvalue weighted by Crippen LogP contribution is -2.10. The molecule has 1 heteroatoms. The van der Waals surface area contributed by atoms with Gasteiger partial charge < -0.3 is 5.11 Å². The molecule has 1 atom stereocenters. The molecule has 0 fully saturated rings. The van der Waals surface area contributed by atoms with Crippen molar-refractivity contribution in [3.63, 3.8) is 0 Å². The standard InChI is InChI=1S/C19H22O/c1-3-10-18(20)19(17-13-8-5-9-14-17)15(2)16-11-6-4-7-12-16/h4-9,11-14,18,20H,3,10H2,1-2H3. The molecule has 2 rings (SSSR count). The molecule has 0 aliphatic heterocycles. The number of aliphatic hydroxyl groups excluding tert-OH is 1. The van der Waals surface area contributed by atoms with Crippen molar-refractivity contribution in [1.29, 1.82) is 0 Å². The van der Waals surface area contributed by atoms with Gasteiger partial charge in [0.2, 0.25) is 0 Å². The molecule has 20 heavy (non-hydrogen) atoms. The number of aliphatic hydroxyl groups is 1. The first-order valence-electron chi connectivity index (χ1n) is 7.23. The number of allylic oxidation sites excluding steroid dienone is 1. The van der Waals surface area contributed by atoms with E-state index in [-0.39, 0.29) is 0 Å². The van der Waals surface area contributed by atoms with E-state index in [1.807, 2.05) is 36.4 Å². The van der Waals surface area contributed by atoms with Gasteiger partial charge in [0.25, 0.3) is 0 Å². The van der Waals surface area contributed by atoms with E-state index in [0.717, 1.165) is 29.6 Å². The van der Waals surface area contributed by atoms with Crippen LogP contribution in [0.4, 0.5) is 0 Å². The van der Waals surface area contributed by atoms with E-state index in [2.05, 4.69) is 38.1 Å². The summed E-state index contributed by atoms with van der Waals surface area (Å²) in [7, 11) is 0. The minimum atomic E-state index is -0.414. The van der Waals surface area contributed by atoms with E-state index < -0.39 is 6.10 Å². The minimum absolute atomic E-state index is 0.414. The quantitative estimate of drug-likeness (QED) is 0.772. The van der Waals surface area contributed by atoms with E-state index in [9.17, 15) is 5.11 Å². The Balaban J connectivity index is 2.51. The molecule has 0 aliphatic carbocycles. The molecule has 0 saturated heterocycles. The Morgan fingerprint density at radius 2 is 1.40 bits per heavy atom. The normalized spacial score (nSPS) is 13.8. The van der Waals surface area contributed by atoms with Crippen LogP contribution < -0.4 is 0 Å². The molecule has 0 bridgehead atoms. The first-order chi connectivity index (χ1) is 9.74. The van der Waals surface area contributed by atoms with Gasteiger partial charge >= 0.3 is 0 Å². The lowest BCUT2D eigenvalue weighted by Gasteiger charge is -2.19. The second-order valence-electron chi connectivity index (χ2n) is 5.08. The molecule has 1 unspecified atom stereocenters. The summed E-state index contributed by atoms with van der Waals surface area (Å²) in [6.45, 7) is 4.19. The maximum Gasteiger partial charge on any atom is 0.0798 e. The van der Waals surface area contributed by atoms with E-state index in [0.29, 0.717) is 0 Å². The van der Waals surface area contributed by atoms with Crippen molar-refractivity contribution in [3.8, 4) is 0 Å². The van der Waals surface area contributed by atoms with Crippen molar-refractivity contribution in [1.82, 2.24) is 0 Å². The Kier molecular flexibility index (Phi) is 5.14. The van der Waals surface area contributed by atoms with Crippen molar-refractivity contribution in [2.24, 2.45) is 0 Å². The zero-order valence-corrected chi connectivity index (χ0v) is 12.2. The van der Waals surface area contributed by atoms with Gasteiger partial charge in [0, 0.05) is 0 Å². The summed E-state index contributed by atoms with van der Waals surface area (Å²) >= 11 is 0. The predicted molar refractivity (Wildman–Crippen MR) is 86.3 cm³/mol. The van der Waals surface area contributed by atoms with Gasteiger partial charge in [-0.05, 0) is 35.6 Å². The Bertz CT molecular complexity index is 555. The highest BCUT2D eigenvalue weighted by atomic mass is 16.3. The number of benzene rings is 2. The molecule has 0 aliphatic rings. The third-order valence-corrected chi connectivity index (χ3v) is 3.59. The van der Waals surface area contributed by atoms with Gasteiger partial charge in [0.05, 0.1) is 6.10 Å². The predicted octanol–water partition coefficient (Wildman–Crippen LogP) is 4.78. The smallest absolute Gasteiger partial charge is 0.0798 e. The van der Waals surface area contributed by atoms with Gasteiger partial charge in [-0.3, -0.25) is 0 Å². The van der Waals surface area contributed by atoms with Crippen LogP contribution in [-0.4, -0.2) is 11.2 Å². The van der Waals surface area contributed by atoms with Gasteiger partial charge in [-0.15, -0.1) is 0 Å². The summed E-state index contributed by atoms with van der Waals surface area (Å²) < 4.78 is 0. The lowest BCUT2D eigenvalue weighted by molar-refractivity contribution is 0.221. The van der Waals surface area contributed by atoms with Crippen molar-refractivity contribution in [2.45, 2.75) is 32.8 Å². The summed E-state index contributed by atoms with van der Waals surface area (Å²) in [5.41, 5.74) is 4.47. The van der Waals surface area contributed by atoms with Gasteiger partial charge in [-0.1, -0.05) is 74.0 Å². The first kappa shape index (κ1) is 14.5. The van der Waals surface area contributed by atoms with E-state index >= 15 is 0 Å². The molecule has 0 amide bonds. The van der Waals surface area contributed by atoms with E-state index in [1.165, 1.54) is 5.56 Å². The van der Waals surface area contributed by atoms with E-state index in [1.54, 1.807) is 0 Å². The molecule has 104 valence electrons. The Morgan fingerprint density at radius 3 is 1.90 bits per heavy atom. The summed E-state index contributed by atoms with van der Waals surface area (Å²) in [6, 6.07) is 20.5. The molecule has 0 aromatic heterocycles. The first-order valence-corrected chi connectivity index (χ1v) is 7.23. The summed E-state index contributed by atoms with van der Waals surface area (Å²) in [6.07, 6.45) is 1.34. The minimum Gasteiger partial charge on any atom is -0.388 e. The van der Waals surface area contributed by atoms with Crippen LogP contribution in [0, 0.1) is 0 Å². The van der Waals surface area contributed by atoms with Crippen LogP contribution in [0.1, 0.15) is 37.8 Å². The van der Waals surface area contributed by atoms with Crippen molar-refractivity contribution in [2.75, 3.05) is 0 Å². The SMILES string of the molecule is CCCC(O)C(=C(C)c1ccccc1)c1ccccc1. The van der Waals surface area contributed by atoms with Crippen LogP contribution in [0.5, 0.6) is 0 Å². The third-order valence-electron chi connectivity index (χ3n) is 3.59. The summed E-state index contributed by atoms with van der Waals surface area (Å²) in [4.78, 5) is 0. The maximum absolute atomic E-state index is 10.5. The number of hydrogen-bond donors (Lipinski definition) is 1. The Labute approximate surface area is 121 Å². The van der Waals surface area contributed by atoms with Crippen LogP contribution in [-0.2, 0) is 0 Å². The van der Waals surface area contributed by atoms with Crippen LogP contribution >= 0.6 is 0 Å². The highest BCUT2D eigenvalue weighted by Gasteiger charge is 2.15. The van der Waals surface area contributed by atoms with Crippen molar-refractivity contribution >= 4 is 11.1 Å². The average Bonchev–Trinajstić information content (AvgIpc) is 2.50.